The molecule has 1 aromatic carbocycles. The molecule has 2 atom stereocenters. The Morgan fingerprint density at radius 1 is 1.17 bits per heavy atom. The number of benzene rings is 1. The number of nitrogens with one attached hydrogen (secondary N) is 1. The van der Waals surface area contributed by atoms with Crippen LogP contribution in [0.2, 0.25) is 0 Å². The summed E-state index contributed by atoms with van der Waals surface area (Å²) in [6, 6.07) is 4.67. The lowest BCUT2D eigenvalue weighted by Crippen LogP contribution is -2.38. The van der Waals surface area contributed by atoms with Crippen LogP contribution >= 0.6 is 0 Å². The molecule has 0 amide bonds. The predicted molar refractivity (Wildman–Crippen MR) is 62.0 cm³/mol. The van der Waals surface area contributed by atoms with Crippen molar-refractivity contribution in [1.82, 2.24) is 5.32 Å². The molecule has 1 aromatic rings. The van der Waals surface area contributed by atoms with Crippen LogP contribution in [0.4, 0.5) is 13.2 Å². The van der Waals surface area contributed by atoms with Crippen molar-refractivity contribution in [3.8, 4) is 0 Å². The smallest absolute Gasteiger partial charge is 0.387 e. The van der Waals surface area contributed by atoms with Crippen LogP contribution in [0.3, 0.4) is 0 Å². The van der Waals surface area contributed by atoms with Crippen molar-refractivity contribution in [2.45, 2.75) is 37.6 Å². The third kappa shape index (κ3) is 3.03. The van der Waals surface area contributed by atoms with Crippen LogP contribution in [-0.4, -0.2) is 17.7 Å². The van der Waals surface area contributed by atoms with Gasteiger partial charge in [-0.15, -0.1) is 0 Å². The van der Waals surface area contributed by atoms with Crippen molar-refractivity contribution in [3.05, 3.63) is 35.4 Å². The molecule has 0 saturated carbocycles. The molecule has 1 heterocycles. The van der Waals surface area contributed by atoms with Gasteiger partial charge in [0.25, 0.3) is 0 Å². The van der Waals surface area contributed by atoms with E-state index in [1.165, 1.54) is 12.1 Å². The van der Waals surface area contributed by atoms with Crippen molar-refractivity contribution in [2.24, 2.45) is 0 Å². The number of aliphatic hydroxyl groups is 1. The Balaban J connectivity index is 2.09. The number of hydrogen-bond acceptors (Lipinski definition) is 2. The fourth-order valence-electron chi connectivity index (χ4n) is 2.25. The zero-order valence-electron chi connectivity index (χ0n) is 9.87. The van der Waals surface area contributed by atoms with Crippen LogP contribution in [-0.2, 0) is 6.18 Å². The van der Waals surface area contributed by atoms with Crippen molar-refractivity contribution in [2.75, 3.05) is 6.54 Å². The summed E-state index contributed by atoms with van der Waals surface area (Å²) in [7, 11) is 0. The highest BCUT2D eigenvalue weighted by molar-refractivity contribution is 5.26. The monoisotopic (exact) mass is 259 g/mol. The van der Waals surface area contributed by atoms with E-state index in [0.29, 0.717) is 5.56 Å². The Hall–Kier alpha value is -1.07. The van der Waals surface area contributed by atoms with Crippen LogP contribution in [0, 0.1) is 0 Å². The maximum absolute atomic E-state index is 12.4. The van der Waals surface area contributed by atoms with Gasteiger partial charge in [0.05, 0.1) is 11.7 Å². The van der Waals surface area contributed by atoms with E-state index in [4.69, 9.17) is 0 Å². The second-order valence-electron chi connectivity index (χ2n) is 4.62. The summed E-state index contributed by atoms with van der Waals surface area (Å²) in [4.78, 5) is 0. The topological polar surface area (TPSA) is 32.3 Å². The minimum absolute atomic E-state index is 0.0597. The Morgan fingerprint density at radius 2 is 1.83 bits per heavy atom. The average Bonchev–Trinajstić information content (AvgIpc) is 2.38. The van der Waals surface area contributed by atoms with Crippen molar-refractivity contribution < 1.29 is 18.3 Å². The van der Waals surface area contributed by atoms with Gasteiger partial charge in [0.2, 0.25) is 0 Å². The number of piperidine rings is 1. The van der Waals surface area contributed by atoms with Gasteiger partial charge in [-0.25, -0.2) is 0 Å². The molecule has 1 saturated heterocycles. The molecule has 100 valence electrons. The predicted octanol–water partition coefficient (Wildman–Crippen LogP) is 2.88. The largest absolute Gasteiger partial charge is 0.416 e. The van der Waals surface area contributed by atoms with Gasteiger partial charge < -0.3 is 10.4 Å². The lowest BCUT2D eigenvalue weighted by Gasteiger charge is -2.28. The van der Waals surface area contributed by atoms with E-state index in [1.54, 1.807) is 0 Å². The fraction of sp³-hybridized carbons (Fsp3) is 0.538. The minimum atomic E-state index is -4.33. The molecule has 2 nitrogen and oxygen atoms in total. The first-order valence-corrected chi connectivity index (χ1v) is 6.07. The van der Waals surface area contributed by atoms with E-state index in [9.17, 15) is 18.3 Å². The lowest BCUT2D eigenvalue weighted by atomic mass is 9.94. The summed E-state index contributed by atoms with van der Waals surface area (Å²) in [5.41, 5.74) is -0.155. The summed E-state index contributed by atoms with van der Waals surface area (Å²) >= 11 is 0. The van der Waals surface area contributed by atoms with E-state index in [1.807, 2.05) is 0 Å². The molecule has 0 aromatic heterocycles. The van der Waals surface area contributed by atoms with Gasteiger partial charge in [0, 0.05) is 6.04 Å². The first-order valence-electron chi connectivity index (χ1n) is 6.07. The molecule has 0 radical (unpaired) electrons. The van der Waals surface area contributed by atoms with Crippen molar-refractivity contribution in [3.63, 3.8) is 0 Å². The van der Waals surface area contributed by atoms with Crippen LogP contribution in [0.25, 0.3) is 0 Å². The van der Waals surface area contributed by atoms with E-state index < -0.39 is 17.8 Å². The normalized spacial score (nSPS) is 22.8. The molecule has 1 aliphatic rings. The quantitative estimate of drug-likeness (QED) is 0.856. The van der Waals surface area contributed by atoms with Crippen LogP contribution in [0.15, 0.2) is 24.3 Å². The fourth-order valence-corrected chi connectivity index (χ4v) is 2.25. The highest BCUT2D eigenvalue weighted by Gasteiger charge is 2.30. The maximum atomic E-state index is 12.4. The van der Waals surface area contributed by atoms with Gasteiger partial charge >= 0.3 is 6.18 Å². The zero-order valence-corrected chi connectivity index (χ0v) is 9.87. The molecular weight excluding hydrogens is 243 g/mol. The summed E-state index contributed by atoms with van der Waals surface area (Å²) < 4.78 is 37.2. The molecule has 2 unspecified atom stereocenters. The van der Waals surface area contributed by atoms with Crippen LogP contribution < -0.4 is 5.32 Å². The summed E-state index contributed by atoms with van der Waals surface area (Å²) in [6.07, 6.45) is -2.10. The first kappa shape index (κ1) is 13.4. The third-order valence-electron chi connectivity index (χ3n) is 3.31. The second kappa shape index (κ2) is 5.28. The van der Waals surface area contributed by atoms with Gasteiger partial charge in [-0.05, 0) is 37.1 Å². The molecular formula is C13H16F3NO. The number of halogens is 3. The van der Waals surface area contributed by atoms with E-state index in [0.717, 1.165) is 37.9 Å². The Morgan fingerprint density at radius 3 is 2.33 bits per heavy atom. The van der Waals surface area contributed by atoms with E-state index in [-0.39, 0.29) is 6.04 Å². The van der Waals surface area contributed by atoms with Gasteiger partial charge in [-0.2, -0.15) is 13.2 Å². The summed E-state index contributed by atoms with van der Waals surface area (Å²) in [5, 5.41) is 13.3. The highest BCUT2D eigenvalue weighted by Crippen LogP contribution is 2.31. The number of aliphatic hydroxyl groups excluding tert-OH is 1. The Labute approximate surface area is 104 Å². The van der Waals surface area contributed by atoms with Gasteiger partial charge in [-0.3, -0.25) is 0 Å². The molecule has 0 bridgehead atoms. The molecule has 18 heavy (non-hydrogen) atoms. The molecule has 1 fully saturated rings. The lowest BCUT2D eigenvalue weighted by molar-refractivity contribution is -0.137. The molecule has 1 aliphatic heterocycles. The summed E-state index contributed by atoms with van der Waals surface area (Å²) in [5.74, 6) is 0. The molecule has 2 N–H and O–H groups in total. The Kier molecular flexibility index (Phi) is 3.92. The van der Waals surface area contributed by atoms with E-state index in [2.05, 4.69) is 5.32 Å². The molecule has 0 spiro atoms. The second-order valence-corrected chi connectivity index (χ2v) is 4.62. The third-order valence-corrected chi connectivity index (χ3v) is 3.31. The van der Waals surface area contributed by atoms with E-state index >= 15 is 0 Å². The molecule has 2 rings (SSSR count). The molecule has 0 aliphatic carbocycles. The van der Waals surface area contributed by atoms with Gasteiger partial charge in [-0.1, -0.05) is 18.6 Å². The standard InChI is InChI=1S/C13H16F3NO/c14-13(15,16)10-6-4-9(5-7-10)12(18)11-3-1-2-8-17-11/h4-7,11-12,17-18H,1-3,8H2. The highest BCUT2D eigenvalue weighted by atomic mass is 19.4. The average molecular weight is 259 g/mol. The number of rotatable bonds is 2. The zero-order chi connectivity index (χ0) is 13.2. The van der Waals surface area contributed by atoms with Crippen molar-refractivity contribution in [1.29, 1.82) is 0 Å². The van der Waals surface area contributed by atoms with Crippen LogP contribution in [0.5, 0.6) is 0 Å². The number of hydrogen-bond donors (Lipinski definition) is 2. The van der Waals surface area contributed by atoms with Gasteiger partial charge in [0.15, 0.2) is 0 Å². The molecule has 5 heteroatoms. The minimum Gasteiger partial charge on any atom is -0.387 e. The Bertz CT molecular complexity index is 382. The maximum Gasteiger partial charge on any atom is 0.416 e. The number of alkyl halides is 3. The SMILES string of the molecule is OC(c1ccc(C(F)(F)F)cc1)C1CCCCN1. The first-order chi connectivity index (χ1) is 8.48. The summed E-state index contributed by atoms with van der Waals surface area (Å²) in [6.45, 7) is 0.850. The van der Waals surface area contributed by atoms with Crippen molar-refractivity contribution >= 4 is 0 Å². The van der Waals surface area contributed by atoms with Gasteiger partial charge in [0.1, 0.15) is 0 Å². The van der Waals surface area contributed by atoms with Crippen LogP contribution in [0.1, 0.15) is 36.5 Å².